The molecule has 24 heavy (non-hydrogen) atoms. The highest BCUT2D eigenvalue weighted by molar-refractivity contribution is 5.99. The molecule has 1 aliphatic rings. The minimum atomic E-state index is 0.397. The van der Waals surface area contributed by atoms with Gasteiger partial charge in [-0.1, -0.05) is 103 Å². The van der Waals surface area contributed by atoms with Crippen molar-refractivity contribution in [1.29, 1.82) is 0 Å². The second kappa shape index (κ2) is 6.72. The lowest BCUT2D eigenvalue weighted by Crippen LogP contribution is -2.07. The molecule has 0 nitrogen and oxygen atoms in total. The van der Waals surface area contributed by atoms with Gasteiger partial charge in [0, 0.05) is 5.92 Å². The van der Waals surface area contributed by atoms with E-state index in [0.717, 1.165) is 6.42 Å². The van der Waals surface area contributed by atoms with Gasteiger partial charge in [0.15, 0.2) is 0 Å². The van der Waals surface area contributed by atoms with Crippen LogP contribution < -0.4 is 0 Å². The molecule has 116 valence electrons. The van der Waals surface area contributed by atoms with Crippen LogP contribution in [0.15, 0.2) is 103 Å². The Morgan fingerprint density at radius 3 is 1.75 bits per heavy atom. The standard InChI is InChI=1S/C24H20/c1-4-11-19(12-5-1)22-17-10-18-23(20-13-6-2-7-14-20)24(22)21-15-8-3-9-16-21/h1-17,23H,18H2. The summed E-state index contributed by atoms with van der Waals surface area (Å²) in [6.07, 6.45) is 5.65. The molecule has 0 aliphatic heterocycles. The minimum absolute atomic E-state index is 0.397. The van der Waals surface area contributed by atoms with Crippen molar-refractivity contribution in [2.24, 2.45) is 0 Å². The molecule has 3 aromatic carbocycles. The molecule has 0 saturated heterocycles. The Hall–Kier alpha value is -2.86. The van der Waals surface area contributed by atoms with Crippen LogP contribution in [0.2, 0.25) is 0 Å². The number of hydrogen-bond donors (Lipinski definition) is 0. The molecule has 0 heterocycles. The van der Waals surface area contributed by atoms with Gasteiger partial charge < -0.3 is 0 Å². The Morgan fingerprint density at radius 1 is 0.583 bits per heavy atom. The zero-order chi connectivity index (χ0) is 16.2. The highest BCUT2D eigenvalue weighted by Gasteiger charge is 2.23. The highest BCUT2D eigenvalue weighted by Crippen LogP contribution is 2.43. The van der Waals surface area contributed by atoms with Crippen molar-refractivity contribution in [3.63, 3.8) is 0 Å². The van der Waals surface area contributed by atoms with Gasteiger partial charge in [-0.3, -0.25) is 0 Å². The molecule has 0 fully saturated rings. The molecule has 4 rings (SSSR count). The summed E-state index contributed by atoms with van der Waals surface area (Å²) < 4.78 is 0. The van der Waals surface area contributed by atoms with Crippen LogP contribution in [0.3, 0.4) is 0 Å². The number of hydrogen-bond acceptors (Lipinski definition) is 0. The lowest BCUT2D eigenvalue weighted by molar-refractivity contribution is 0.877. The molecule has 3 aromatic rings. The van der Waals surface area contributed by atoms with Crippen molar-refractivity contribution in [3.8, 4) is 0 Å². The molecule has 0 spiro atoms. The van der Waals surface area contributed by atoms with E-state index < -0.39 is 0 Å². The lowest BCUT2D eigenvalue weighted by Gasteiger charge is -2.27. The second-order valence-corrected chi connectivity index (χ2v) is 6.16. The van der Waals surface area contributed by atoms with E-state index in [0.29, 0.717) is 5.92 Å². The first kappa shape index (κ1) is 14.7. The fraction of sp³-hybridized carbons (Fsp3) is 0.0833. The summed E-state index contributed by atoms with van der Waals surface area (Å²) in [5.41, 5.74) is 6.74. The van der Waals surface area contributed by atoms with Gasteiger partial charge in [-0.25, -0.2) is 0 Å². The van der Waals surface area contributed by atoms with E-state index >= 15 is 0 Å². The highest BCUT2D eigenvalue weighted by atomic mass is 14.3. The van der Waals surface area contributed by atoms with E-state index in [1.54, 1.807) is 0 Å². The van der Waals surface area contributed by atoms with E-state index in [1.807, 2.05) is 0 Å². The van der Waals surface area contributed by atoms with Gasteiger partial charge in [0.25, 0.3) is 0 Å². The second-order valence-electron chi connectivity index (χ2n) is 6.16. The van der Waals surface area contributed by atoms with Gasteiger partial charge in [-0.05, 0) is 34.3 Å². The van der Waals surface area contributed by atoms with Crippen LogP contribution in [0.5, 0.6) is 0 Å². The van der Waals surface area contributed by atoms with Crippen LogP contribution >= 0.6 is 0 Å². The van der Waals surface area contributed by atoms with Crippen molar-refractivity contribution in [2.45, 2.75) is 12.3 Å². The van der Waals surface area contributed by atoms with E-state index in [9.17, 15) is 0 Å². The van der Waals surface area contributed by atoms with E-state index in [1.165, 1.54) is 27.8 Å². The third-order valence-electron chi connectivity index (χ3n) is 4.67. The van der Waals surface area contributed by atoms with Gasteiger partial charge in [0.05, 0.1) is 0 Å². The summed E-state index contributed by atoms with van der Waals surface area (Å²) in [4.78, 5) is 0. The predicted octanol–water partition coefficient (Wildman–Crippen LogP) is 6.34. The van der Waals surface area contributed by atoms with Crippen LogP contribution in [-0.4, -0.2) is 0 Å². The lowest BCUT2D eigenvalue weighted by atomic mass is 9.77. The van der Waals surface area contributed by atoms with Gasteiger partial charge >= 0.3 is 0 Å². The zero-order valence-corrected chi connectivity index (χ0v) is 13.6. The molecular weight excluding hydrogens is 288 g/mol. The third kappa shape index (κ3) is 2.83. The summed E-state index contributed by atoms with van der Waals surface area (Å²) in [6.45, 7) is 0. The monoisotopic (exact) mass is 308 g/mol. The molecule has 0 aromatic heterocycles. The predicted molar refractivity (Wildman–Crippen MR) is 103 cm³/mol. The first-order chi connectivity index (χ1) is 11.9. The quantitative estimate of drug-likeness (QED) is 0.529. The number of allylic oxidation sites excluding steroid dienone is 4. The normalized spacial score (nSPS) is 17.1. The minimum Gasteiger partial charge on any atom is -0.0830 e. The van der Waals surface area contributed by atoms with Crippen LogP contribution in [0.25, 0.3) is 11.1 Å². The van der Waals surface area contributed by atoms with Gasteiger partial charge in [-0.15, -0.1) is 0 Å². The van der Waals surface area contributed by atoms with Crippen LogP contribution in [0.4, 0.5) is 0 Å². The first-order valence-electron chi connectivity index (χ1n) is 8.50. The van der Waals surface area contributed by atoms with E-state index in [-0.39, 0.29) is 0 Å². The van der Waals surface area contributed by atoms with E-state index in [2.05, 4.69) is 103 Å². The van der Waals surface area contributed by atoms with Crippen LogP contribution in [0, 0.1) is 0 Å². The smallest absolute Gasteiger partial charge is 0.0136 e. The Morgan fingerprint density at radius 2 is 1.12 bits per heavy atom. The summed E-state index contributed by atoms with van der Waals surface area (Å²) in [6, 6.07) is 32.4. The Balaban J connectivity index is 1.93. The van der Waals surface area contributed by atoms with Crippen LogP contribution in [-0.2, 0) is 0 Å². The van der Waals surface area contributed by atoms with Crippen molar-refractivity contribution in [1.82, 2.24) is 0 Å². The van der Waals surface area contributed by atoms with Crippen molar-refractivity contribution < 1.29 is 0 Å². The average Bonchev–Trinajstić information content (AvgIpc) is 2.69. The molecular formula is C24H20. The average molecular weight is 308 g/mol. The molecule has 0 amide bonds. The summed E-state index contributed by atoms with van der Waals surface area (Å²) in [7, 11) is 0. The fourth-order valence-corrected chi connectivity index (χ4v) is 3.55. The fourth-order valence-electron chi connectivity index (χ4n) is 3.55. The Bertz CT molecular complexity index is 856. The molecule has 0 saturated carbocycles. The molecule has 1 atom stereocenters. The van der Waals surface area contributed by atoms with Crippen molar-refractivity contribution in [3.05, 3.63) is 120 Å². The van der Waals surface area contributed by atoms with Gasteiger partial charge in [0.1, 0.15) is 0 Å². The summed E-state index contributed by atoms with van der Waals surface area (Å²) in [5.74, 6) is 0.397. The molecule has 1 unspecified atom stereocenters. The SMILES string of the molecule is C1=CC(c2ccccc2)=C(c2ccccc2)C(c2ccccc2)C1. The topological polar surface area (TPSA) is 0 Å². The summed E-state index contributed by atoms with van der Waals surface area (Å²) in [5, 5.41) is 0. The van der Waals surface area contributed by atoms with E-state index in [4.69, 9.17) is 0 Å². The number of rotatable bonds is 3. The van der Waals surface area contributed by atoms with Crippen LogP contribution in [0.1, 0.15) is 29.0 Å². The Kier molecular flexibility index (Phi) is 4.12. The molecule has 1 aliphatic carbocycles. The largest absolute Gasteiger partial charge is 0.0830 e. The maximum Gasteiger partial charge on any atom is 0.0136 e. The maximum absolute atomic E-state index is 2.31. The summed E-state index contributed by atoms with van der Waals surface area (Å²) >= 11 is 0. The molecule has 0 radical (unpaired) electrons. The molecule has 0 heteroatoms. The molecule has 0 bridgehead atoms. The maximum atomic E-state index is 2.31. The Labute approximate surface area is 143 Å². The van der Waals surface area contributed by atoms with Gasteiger partial charge in [-0.2, -0.15) is 0 Å². The van der Waals surface area contributed by atoms with Gasteiger partial charge in [0.2, 0.25) is 0 Å². The number of benzene rings is 3. The third-order valence-corrected chi connectivity index (χ3v) is 4.67. The van der Waals surface area contributed by atoms with Crippen molar-refractivity contribution in [2.75, 3.05) is 0 Å². The first-order valence-corrected chi connectivity index (χ1v) is 8.50. The molecule has 0 N–H and O–H groups in total. The zero-order valence-electron chi connectivity index (χ0n) is 13.6. The van der Waals surface area contributed by atoms with Crippen molar-refractivity contribution >= 4 is 11.1 Å².